The first kappa shape index (κ1) is 18.1. The molecular weight excluding hydrogens is 376 g/mol. The number of anilines is 1. The summed E-state index contributed by atoms with van der Waals surface area (Å²) in [5.74, 6) is 1.03. The topological polar surface area (TPSA) is 49.9 Å². The molecule has 6 heteroatoms. The van der Waals surface area contributed by atoms with Gasteiger partial charge in [-0.1, -0.05) is 41.9 Å². The van der Waals surface area contributed by atoms with E-state index in [2.05, 4.69) is 0 Å². The summed E-state index contributed by atoms with van der Waals surface area (Å²) < 4.78 is 5.79. The van der Waals surface area contributed by atoms with Crippen LogP contribution in [0.15, 0.2) is 78.9 Å². The van der Waals surface area contributed by atoms with Gasteiger partial charge in [0.1, 0.15) is 17.5 Å². The van der Waals surface area contributed by atoms with Crippen LogP contribution in [-0.2, 0) is 4.79 Å². The summed E-state index contributed by atoms with van der Waals surface area (Å²) >= 11 is 5.89. The van der Waals surface area contributed by atoms with Crippen LogP contribution >= 0.6 is 11.6 Å². The Hall–Kier alpha value is -3.31. The summed E-state index contributed by atoms with van der Waals surface area (Å²) in [4.78, 5) is 28.0. The molecule has 1 unspecified atom stereocenters. The van der Waals surface area contributed by atoms with E-state index in [0.717, 1.165) is 10.5 Å². The van der Waals surface area contributed by atoms with Gasteiger partial charge in [0.2, 0.25) is 0 Å². The first-order chi connectivity index (χ1) is 13.5. The van der Waals surface area contributed by atoms with Gasteiger partial charge in [0.05, 0.1) is 0 Å². The molecule has 1 saturated heterocycles. The number of likely N-dealkylation sites (N-methyl/N-ethyl adjacent to an activating group) is 1. The molecule has 3 amide bonds. The van der Waals surface area contributed by atoms with Gasteiger partial charge < -0.3 is 4.74 Å². The van der Waals surface area contributed by atoms with Crippen molar-refractivity contribution >= 4 is 29.2 Å². The Morgan fingerprint density at radius 1 is 0.821 bits per heavy atom. The molecule has 140 valence electrons. The molecule has 3 aromatic carbocycles. The number of carbonyl (C=O) groups is 2. The largest absolute Gasteiger partial charge is 0.457 e. The zero-order valence-corrected chi connectivity index (χ0v) is 15.8. The Bertz CT molecular complexity index is 1000. The summed E-state index contributed by atoms with van der Waals surface area (Å²) in [7, 11) is 1.50. The van der Waals surface area contributed by atoms with E-state index in [1.54, 1.807) is 48.5 Å². The van der Waals surface area contributed by atoms with E-state index in [-0.39, 0.29) is 11.9 Å². The van der Waals surface area contributed by atoms with E-state index in [1.165, 1.54) is 11.9 Å². The van der Waals surface area contributed by atoms with Gasteiger partial charge in [-0.05, 0) is 54.1 Å². The van der Waals surface area contributed by atoms with E-state index in [4.69, 9.17) is 16.3 Å². The minimum absolute atomic E-state index is 0.252. The van der Waals surface area contributed by atoms with Crippen molar-refractivity contribution in [2.24, 2.45) is 0 Å². The average Bonchev–Trinajstić information content (AvgIpc) is 2.95. The third kappa shape index (κ3) is 3.32. The smallest absolute Gasteiger partial charge is 0.332 e. The number of carbonyl (C=O) groups excluding carboxylic acids is 2. The lowest BCUT2D eigenvalue weighted by molar-refractivity contribution is -0.126. The van der Waals surface area contributed by atoms with Crippen LogP contribution in [0.25, 0.3) is 0 Å². The number of ether oxygens (including phenoxy) is 1. The second kappa shape index (κ2) is 7.37. The van der Waals surface area contributed by atoms with Crippen molar-refractivity contribution in [2.75, 3.05) is 11.9 Å². The van der Waals surface area contributed by atoms with Crippen LogP contribution in [0.3, 0.4) is 0 Å². The number of halogens is 1. The minimum Gasteiger partial charge on any atom is -0.457 e. The summed E-state index contributed by atoms with van der Waals surface area (Å²) in [6.07, 6.45) is 0. The van der Waals surface area contributed by atoms with E-state index in [1.807, 2.05) is 30.3 Å². The molecule has 5 nitrogen and oxygen atoms in total. The molecule has 28 heavy (non-hydrogen) atoms. The molecule has 0 radical (unpaired) electrons. The number of benzene rings is 3. The molecule has 1 fully saturated rings. The van der Waals surface area contributed by atoms with Gasteiger partial charge in [0, 0.05) is 17.8 Å². The van der Waals surface area contributed by atoms with E-state index < -0.39 is 6.04 Å². The number of amides is 3. The van der Waals surface area contributed by atoms with Crippen molar-refractivity contribution in [1.29, 1.82) is 0 Å². The highest BCUT2D eigenvalue weighted by Crippen LogP contribution is 2.36. The number of urea groups is 1. The maximum atomic E-state index is 12.7. The van der Waals surface area contributed by atoms with Crippen molar-refractivity contribution in [2.45, 2.75) is 6.04 Å². The number of imide groups is 1. The van der Waals surface area contributed by atoms with E-state index in [9.17, 15) is 9.59 Å². The maximum Gasteiger partial charge on any atom is 0.332 e. The summed E-state index contributed by atoms with van der Waals surface area (Å²) in [5.41, 5.74) is 1.40. The van der Waals surface area contributed by atoms with Crippen molar-refractivity contribution in [3.8, 4) is 11.5 Å². The van der Waals surface area contributed by atoms with Gasteiger partial charge in [-0.25, -0.2) is 4.79 Å². The number of nitrogens with zero attached hydrogens (tertiary/aromatic N) is 2. The Morgan fingerprint density at radius 2 is 1.39 bits per heavy atom. The molecule has 0 N–H and O–H groups in total. The highest BCUT2D eigenvalue weighted by atomic mass is 35.5. The lowest BCUT2D eigenvalue weighted by atomic mass is 10.1. The second-order valence-electron chi connectivity index (χ2n) is 6.41. The van der Waals surface area contributed by atoms with Gasteiger partial charge in [-0.15, -0.1) is 0 Å². The monoisotopic (exact) mass is 392 g/mol. The van der Waals surface area contributed by atoms with Crippen LogP contribution in [0.2, 0.25) is 5.02 Å². The standard InChI is InChI=1S/C22H17ClN2O3/c1-24-21(26)20(15-5-3-2-4-6-15)25(22(24)27)17-9-13-19(14-10-17)28-18-11-7-16(23)8-12-18/h2-14,20H,1H3. The second-order valence-corrected chi connectivity index (χ2v) is 6.85. The molecule has 1 aliphatic rings. The highest BCUT2D eigenvalue weighted by Gasteiger charge is 2.44. The van der Waals surface area contributed by atoms with Crippen LogP contribution in [-0.4, -0.2) is 23.9 Å². The number of hydrogen-bond donors (Lipinski definition) is 0. The van der Waals surface area contributed by atoms with Gasteiger partial charge in [-0.2, -0.15) is 0 Å². The molecule has 3 aromatic rings. The third-order valence-electron chi connectivity index (χ3n) is 4.60. The molecule has 0 spiro atoms. The quantitative estimate of drug-likeness (QED) is 0.568. The summed E-state index contributed by atoms with van der Waals surface area (Å²) in [6.45, 7) is 0. The molecule has 0 bridgehead atoms. The summed E-state index contributed by atoms with van der Waals surface area (Å²) in [5, 5.41) is 0.635. The minimum atomic E-state index is -0.679. The van der Waals surface area contributed by atoms with Gasteiger partial charge in [0.25, 0.3) is 5.91 Å². The lowest BCUT2D eigenvalue weighted by Crippen LogP contribution is -2.30. The first-order valence-electron chi connectivity index (χ1n) is 8.74. The fraction of sp³-hybridized carbons (Fsp3) is 0.0909. The van der Waals surface area contributed by atoms with Crippen molar-refractivity contribution in [3.63, 3.8) is 0 Å². The van der Waals surface area contributed by atoms with Crippen LogP contribution in [0.4, 0.5) is 10.5 Å². The zero-order valence-electron chi connectivity index (χ0n) is 15.1. The summed E-state index contributed by atoms with van der Waals surface area (Å²) in [6, 6.07) is 22.4. The molecule has 1 aliphatic heterocycles. The fourth-order valence-corrected chi connectivity index (χ4v) is 3.29. The molecular formula is C22H17ClN2O3. The van der Waals surface area contributed by atoms with Crippen LogP contribution in [0, 0.1) is 0 Å². The Kier molecular flexibility index (Phi) is 4.75. The van der Waals surface area contributed by atoms with Gasteiger partial charge in [0.15, 0.2) is 0 Å². The molecule has 0 aliphatic carbocycles. The first-order valence-corrected chi connectivity index (χ1v) is 9.11. The van der Waals surface area contributed by atoms with Gasteiger partial charge in [-0.3, -0.25) is 14.6 Å². The average molecular weight is 393 g/mol. The molecule has 1 atom stereocenters. The SMILES string of the molecule is CN1C(=O)C(c2ccccc2)N(c2ccc(Oc3ccc(Cl)cc3)cc2)C1=O. The van der Waals surface area contributed by atoms with Crippen LogP contribution in [0.1, 0.15) is 11.6 Å². The van der Waals surface area contributed by atoms with E-state index in [0.29, 0.717) is 22.2 Å². The predicted octanol–water partition coefficient (Wildman–Crippen LogP) is 5.27. The third-order valence-corrected chi connectivity index (χ3v) is 4.85. The maximum absolute atomic E-state index is 12.7. The van der Waals surface area contributed by atoms with Crippen molar-refractivity contribution in [3.05, 3.63) is 89.4 Å². The predicted molar refractivity (Wildman–Crippen MR) is 108 cm³/mol. The molecule has 1 heterocycles. The van der Waals surface area contributed by atoms with Crippen LogP contribution < -0.4 is 9.64 Å². The number of hydrogen-bond acceptors (Lipinski definition) is 3. The Balaban J connectivity index is 1.62. The fourth-order valence-electron chi connectivity index (χ4n) is 3.16. The molecule has 4 rings (SSSR count). The Morgan fingerprint density at radius 3 is 2.00 bits per heavy atom. The normalized spacial score (nSPS) is 16.6. The van der Waals surface area contributed by atoms with E-state index >= 15 is 0 Å². The van der Waals surface area contributed by atoms with Crippen LogP contribution in [0.5, 0.6) is 11.5 Å². The molecule has 0 saturated carbocycles. The Labute approximate surface area is 167 Å². The van der Waals surface area contributed by atoms with Crippen molar-refractivity contribution in [1.82, 2.24) is 4.90 Å². The zero-order chi connectivity index (χ0) is 19.7. The van der Waals surface area contributed by atoms with Gasteiger partial charge >= 0.3 is 6.03 Å². The number of rotatable bonds is 4. The van der Waals surface area contributed by atoms with Crippen molar-refractivity contribution < 1.29 is 14.3 Å². The highest BCUT2D eigenvalue weighted by molar-refractivity contribution is 6.30. The lowest BCUT2D eigenvalue weighted by Gasteiger charge is -2.22. The molecule has 0 aromatic heterocycles.